The Morgan fingerprint density at radius 3 is 2.21 bits per heavy atom. The van der Waals surface area contributed by atoms with Gasteiger partial charge in [0.15, 0.2) is 11.5 Å². The molecule has 0 aliphatic carbocycles. The van der Waals surface area contributed by atoms with Crippen LogP contribution in [0.1, 0.15) is 23.6 Å². The maximum atomic E-state index is 13.1. The molecule has 1 fully saturated rings. The Bertz CT molecular complexity index is 1050. The van der Waals surface area contributed by atoms with E-state index < -0.39 is 17.7 Å². The highest BCUT2D eigenvalue weighted by Gasteiger charge is 2.46. The molecule has 0 spiro atoms. The molecule has 0 bridgehead atoms. The molecule has 8 nitrogen and oxygen atoms in total. The molecule has 1 aliphatic heterocycles. The molecule has 1 unspecified atom stereocenters. The minimum atomic E-state index is -0.755. The quantitative estimate of drug-likeness (QED) is 0.354. The van der Waals surface area contributed by atoms with E-state index in [1.807, 2.05) is 19.0 Å². The zero-order valence-electron chi connectivity index (χ0n) is 19.6. The van der Waals surface area contributed by atoms with Gasteiger partial charge in [-0.2, -0.15) is 0 Å². The first kappa shape index (κ1) is 24.1. The van der Waals surface area contributed by atoms with E-state index in [4.69, 9.17) is 14.2 Å². The van der Waals surface area contributed by atoms with Crippen LogP contribution in [0.3, 0.4) is 0 Å². The van der Waals surface area contributed by atoms with Gasteiger partial charge < -0.3 is 29.1 Å². The predicted molar refractivity (Wildman–Crippen MR) is 125 cm³/mol. The molecule has 33 heavy (non-hydrogen) atoms. The zero-order chi connectivity index (χ0) is 24.1. The van der Waals surface area contributed by atoms with E-state index in [9.17, 15) is 14.7 Å². The summed E-state index contributed by atoms with van der Waals surface area (Å²) in [5.41, 5.74) is 1.11. The third kappa shape index (κ3) is 4.96. The lowest BCUT2D eigenvalue weighted by molar-refractivity contribution is -0.139. The van der Waals surface area contributed by atoms with E-state index in [1.54, 1.807) is 49.6 Å². The van der Waals surface area contributed by atoms with Crippen molar-refractivity contribution in [1.29, 1.82) is 0 Å². The number of aliphatic hydroxyl groups excluding tert-OH is 1. The highest BCUT2D eigenvalue weighted by molar-refractivity contribution is 6.46. The summed E-state index contributed by atoms with van der Waals surface area (Å²) in [6.07, 6.45) is 0.673. The Morgan fingerprint density at radius 2 is 1.64 bits per heavy atom. The molecule has 0 aromatic heterocycles. The Morgan fingerprint density at radius 1 is 0.970 bits per heavy atom. The first-order valence-electron chi connectivity index (χ1n) is 10.6. The maximum Gasteiger partial charge on any atom is 0.295 e. The molecular formula is C25H30N2O6. The number of carbonyl (C=O) groups excluding carboxylic acids is 2. The van der Waals surface area contributed by atoms with Crippen LogP contribution in [-0.2, 0) is 9.59 Å². The van der Waals surface area contributed by atoms with E-state index in [-0.39, 0.29) is 11.3 Å². The molecule has 1 aliphatic rings. The molecule has 176 valence electrons. The van der Waals surface area contributed by atoms with Gasteiger partial charge in [0.25, 0.3) is 11.7 Å². The van der Waals surface area contributed by atoms with Crippen molar-refractivity contribution >= 4 is 17.4 Å². The molecule has 3 rings (SSSR count). The van der Waals surface area contributed by atoms with E-state index in [0.29, 0.717) is 41.3 Å². The van der Waals surface area contributed by atoms with Gasteiger partial charge in [0, 0.05) is 12.1 Å². The van der Waals surface area contributed by atoms with Crippen molar-refractivity contribution in [1.82, 2.24) is 9.80 Å². The Kier molecular flexibility index (Phi) is 7.60. The van der Waals surface area contributed by atoms with E-state index >= 15 is 0 Å². The van der Waals surface area contributed by atoms with Gasteiger partial charge in [0.05, 0.1) is 32.9 Å². The van der Waals surface area contributed by atoms with Gasteiger partial charge in [0.2, 0.25) is 0 Å². The smallest absolute Gasteiger partial charge is 0.295 e. The Balaban J connectivity index is 2.12. The number of rotatable bonds is 9. The number of likely N-dealkylation sites (tertiary alicyclic amines) is 1. The molecule has 1 atom stereocenters. The number of nitrogens with zero attached hydrogens (tertiary/aromatic N) is 2. The van der Waals surface area contributed by atoms with Crippen molar-refractivity contribution in [3.05, 3.63) is 59.2 Å². The molecule has 0 radical (unpaired) electrons. The molecule has 1 heterocycles. The predicted octanol–water partition coefficient (Wildman–Crippen LogP) is 3.09. The van der Waals surface area contributed by atoms with Gasteiger partial charge in [-0.25, -0.2) is 0 Å². The lowest BCUT2D eigenvalue weighted by Crippen LogP contribution is -2.32. The molecule has 2 aromatic carbocycles. The van der Waals surface area contributed by atoms with Crippen molar-refractivity contribution in [2.24, 2.45) is 0 Å². The third-order valence-corrected chi connectivity index (χ3v) is 5.63. The van der Waals surface area contributed by atoms with Crippen LogP contribution in [0.2, 0.25) is 0 Å². The van der Waals surface area contributed by atoms with Crippen LogP contribution in [0.5, 0.6) is 17.2 Å². The van der Waals surface area contributed by atoms with Crippen LogP contribution < -0.4 is 14.2 Å². The van der Waals surface area contributed by atoms with Crippen molar-refractivity contribution < 1.29 is 28.9 Å². The lowest BCUT2D eigenvalue weighted by atomic mass is 9.95. The number of ketones is 1. The molecule has 2 aromatic rings. The van der Waals surface area contributed by atoms with Crippen LogP contribution in [0.4, 0.5) is 0 Å². The monoisotopic (exact) mass is 454 g/mol. The van der Waals surface area contributed by atoms with Gasteiger partial charge in [-0.15, -0.1) is 0 Å². The summed E-state index contributed by atoms with van der Waals surface area (Å²) in [5.74, 6) is 0.0360. The second-order valence-corrected chi connectivity index (χ2v) is 7.99. The minimum Gasteiger partial charge on any atom is -0.507 e. The summed E-state index contributed by atoms with van der Waals surface area (Å²) in [6.45, 7) is 1.11. The highest BCUT2D eigenvalue weighted by atomic mass is 16.5. The Labute approximate surface area is 194 Å². The summed E-state index contributed by atoms with van der Waals surface area (Å²) >= 11 is 0. The minimum absolute atomic E-state index is 0.0437. The average Bonchev–Trinajstić information content (AvgIpc) is 3.08. The summed E-state index contributed by atoms with van der Waals surface area (Å²) < 4.78 is 15.9. The van der Waals surface area contributed by atoms with Crippen LogP contribution in [-0.4, -0.2) is 75.1 Å². The van der Waals surface area contributed by atoms with E-state index in [2.05, 4.69) is 0 Å². The first-order valence-corrected chi connectivity index (χ1v) is 10.6. The molecule has 1 amide bonds. The highest BCUT2D eigenvalue weighted by Crippen LogP contribution is 2.42. The lowest BCUT2D eigenvalue weighted by Gasteiger charge is -2.26. The van der Waals surface area contributed by atoms with Crippen LogP contribution in [0, 0.1) is 0 Å². The number of carbonyl (C=O) groups is 2. The van der Waals surface area contributed by atoms with Crippen LogP contribution in [0.15, 0.2) is 48.0 Å². The summed E-state index contributed by atoms with van der Waals surface area (Å²) in [4.78, 5) is 29.7. The van der Waals surface area contributed by atoms with Crippen LogP contribution in [0.25, 0.3) is 5.76 Å². The van der Waals surface area contributed by atoms with Gasteiger partial charge in [-0.1, -0.05) is 6.07 Å². The largest absolute Gasteiger partial charge is 0.507 e. The van der Waals surface area contributed by atoms with Crippen molar-refractivity contribution in [3.8, 4) is 17.2 Å². The molecule has 1 N–H and O–H groups in total. The van der Waals surface area contributed by atoms with Crippen molar-refractivity contribution in [3.63, 3.8) is 0 Å². The number of ether oxygens (including phenoxy) is 3. The van der Waals surface area contributed by atoms with Gasteiger partial charge in [-0.3, -0.25) is 9.59 Å². The van der Waals surface area contributed by atoms with Crippen LogP contribution >= 0.6 is 0 Å². The van der Waals surface area contributed by atoms with Gasteiger partial charge in [0.1, 0.15) is 11.5 Å². The number of Topliss-reactive ketones (excluding diaryl/α,β-unsaturated/α-hetero) is 1. The zero-order valence-corrected chi connectivity index (χ0v) is 19.6. The topological polar surface area (TPSA) is 88.5 Å². The number of hydrogen-bond donors (Lipinski definition) is 1. The summed E-state index contributed by atoms with van der Waals surface area (Å²) in [6, 6.07) is 11.2. The number of amides is 1. The average molecular weight is 455 g/mol. The van der Waals surface area contributed by atoms with E-state index in [1.165, 1.54) is 19.1 Å². The number of methoxy groups -OCH3 is 3. The second kappa shape index (κ2) is 10.4. The van der Waals surface area contributed by atoms with Crippen molar-refractivity contribution in [2.75, 3.05) is 48.5 Å². The third-order valence-electron chi connectivity index (χ3n) is 5.63. The number of aliphatic hydroxyl groups is 1. The second-order valence-electron chi connectivity index (χ2n) is 7.99. The normalized spacial score (nSPS) is 17.5. The SMILES string of the molecule is COc1ccc(C(O)=C2C(=O)C(=O)N(CCCN(C)C)C2c2ccc(OC)c(OC)c2)cc1. The van der Waals surface area contributed by atoms with E-state index in [0.717, 1.165) is 6.54 Å². The standard InChI is InChI=1S/C25H30N2O6/c1-26(2)13-6-14-27-22(17-9-12-19(32-4)20(15-17)33-5)21(24(29)25(27)30)23(28)16-7-10-18(31-3)11-8-16/h7-12,15,22,28H,6,13-14H2,1-5H3. The van der Waals surface area contributed by atoms with Crippen molar-refractivity contribution in [2.45, 2.75) is 12.5 Å². The number of benzene rings is 2. The van der Waals surface area contributed by atoms with Gasteiger partial charge in [-0.05, 0) is 69.0 Å². The number of hydrogen-bond acceptors (Lipinski definition) is 7. The molecule has 0 saturated carbocycles. The summed E-state index contributed by atoms with van der Waals surface area (Å²) in [7, 11) is 8.50. The molecule has 8 heteroatoms. The fraction of sp³-hybridized carbons (Fsp3) is 0.360. The fourth-order valence-electron chi connectivity index (χ4n) is 3.94. The maximum absolute atomic E-state index is 13.1. The molecule has 1 saturated heterocycles. The summed E-state index contributed by atoms with van der Waals surface area (Å²) in [5, 5.41) is 11.1. The van der Waals surface area contributed by atoms with Gasteiger partial charge >= 0.3 is 0 Å². The Hall–Kier alpha value is -3.52. The fourth-order valence-corrected chi connectivity index (χ4v) is 3.94. The first-order chi connectivity index (χ1) is 15.8. The molecular weight excluding hydrogens is 424 g/mol.